The molecule has 6 atom stereocenters. The molecule has 16 nitrogen and oxygen atoms in total. The summed E-state index contributed by atoms with van der Waals surface area (Å²) in [5.41, 5.74) is -1.66. The number of ether oxygens (including phenoxy) is 1. The number of hydrogen-bond donors (Lipinski definition) is 7. The summed E-state index contributed by atoms with van der Waals surface area (Å²) in [7, 11) is -17.3. The van der Waals surface area contributed by atoms with Crippen LogP contribution in [-0.2, 0) is 27.3 Å². The van der Waals surface area contributed by atoms with Gasteiger partial charge in [-0.25, -0.2) is 13.7 Å². The first-order valence-corrected chi connectivity index (χ1v) is 13.5. The van der Waals surface area contributed by atoms with E-state index in [1.165, 1.54) is 6.92 Å². The monoisotopic (exact) mass is 564 g/mol. The van der Waals surface area contributed by atoms with Gasteiger partial charge in [0, 0.05) is 11.8 Å². The van der Waals surface area contributed by atoms with E-state index >= 15 is 0 Å². The third-order valence-corrected chi connectivity index (χ3v) is 11.8. The maximum absolute atomic E-state index is 11.9. The van der Waals surface area contributed by atoms with E-state index in [-0.39, 0.29) is 5.56 Å². The zero-order valence-corrected chi connectivity index (χ0v) is 19.8. The molecule has 2 heterocycles. The molecule has 0 spiro atoms. The number of aliphatic hydroxyl groups is 2. The van der Waals surface area contributed by atoms with Gasteiger partial charge in [0.25, 0.3) is 5.56 Å². The lowest BCUT2D eigenvalue weighted by molar-refractivity contribution is -0.0541. The Hall–Kier alpha value is -0.410. The van der Waals surface area contributed by atoms with Crippen LogP contribution in [0.1, 0.15) is 11.8 Å². The second-order valence-corrected chi connectivity index (χ2v) is 14.5. The maximum atomic E-state index is 11.9. The van der Waals surface area contributed by atoms with E-state index in [0.717, 1.165) is 10.8 Å². The van der Waals surface area contributed by atoms with Crippen molar-refractivity contribution >= 4 is 46.2 Å². The molecule has 7 N–H and O–H groups in total. The van der Waals surface area contributed by atoms with Crippen LogP contribution in [-0.4, -0.2) is 68.1 Å². The van der Waals surface area contributed by atoms with Crippen LogP contribution in [0.4, 0.5) is 0 Å². The Labute approximate surface area is 187 Å². The summed E-state index contributed by atoms with van der Waals surface area (Å²) in [6.45, 7) is 0.248. The predicted octanol–water partition coefficient (Wildman–Crippen LogP) is -0.950. The molecular weight excluding hydrogens is 548 g/mol. The number of aromatic nitrogens is 2. The first-order valence-electron chi connectivity index (χ1n) is 8.09. The molecule has 1 aliphatic heterocycles. The van der Waals surface area contributed by atoms with Crippen LogP contribution >= 0.6 is 46.2 Å². The lowest BCUT2D eigenvalue weighted by atomic mass is 10.1. The van der Waals surface area contributed by atoms with E-state index in [4.69, 9.17) is 37.7 Å². The largest absolute Gasteiger partial charge is 0.479 e. The minimum atomic E-state index is -5.91. The van der Waals surface area contributed by atoms with E-state index in [1.54, 1.807) is 0 Å². The summed E-state index contributed by atoms with van der Waals surface area (Å²) < 4.78 is 45.4. The number of aliphatic hydroxyl groups excluding tert-OH is 2. The van der Waals surface area contributed by atoms with Crippen molar-refractivity contribution in [3.05, 3.63) is 32.6 Å². The number of H-pyrrole nitrogens is 1. The molecule has 1 aromatic rings. The normalized spacial score (nSPS) is 28.3. The van der Waals surface area contributed by atoms with Gasteiger partial charge in [-0.05, 0) is 6.92 Å². The Bertz CT molecular complexity index is 1130. The fourth-order valence-electron chi connectivity index (χ4n) is 2.42. The Morgan fingerprint density at radius 1 is 1.16 bits per heavy atom. The van der Waals surface area contributed by atoms with Crippen molar-refractivity contribution in [2.45, 2.75) is 35.3 Å². The number of phosphoric acid groups is 1. The van der Waals surface area contributed by atoms with Gasteiger partial charge in [0.05, 0.1) is 6.61 Å². The number of hydrogen-bond acceptors (Lipinski definition) is 10. The molecule has 1 aliphatic rings. The molecule has 184 valence electrons. The highest BCUT2D eigenvalue weighted by Gasteiger charge is 2.62. The maximum Gasteiger partial charge on any atom is 0.479 e. The summed E-state index contributed by atoms with van der Waals surface area (Å²) in [5.74, 6) is 0. The van der Waals surface area contributed by atoms with Gasteiger partial charge < -0.3 is 34.5 Å². The van der Waals surface area contributed by atoms with Gasteiger partial charge in [0.1, 0.15) is 18.3 Å². The van der Waals surface area contributed by atoms with E-state index in [9.17, 15) is 43.3 Å². The second-order valence-electron chi connectivity index (χ2n) is 6.44. The smallest absolute Gasteiger partial charge is 0.387 e. The fraction of sp³-hybridized carbons (Fsp3) is 0.636. The number of aryl methyl sites for hydroxylation is 1. The van der Waals surface area contributed by atoms with Crippen molar-refractivity contribution in [1.82, 2.24) is 9.55 Å². The Morgan fingerprint density at radius 2 is 1.72 bits per heavy atom. The SMILES string of the molecule is Cc1cn([C@@H]2O[C@H](COP(=O)(O)OP(=O)(O)C(Cl)(Cl)P(=O)(O)O)[C@@H](O)[C@H]2O)c(=O)[nH]c1=O. The standard InChI is InChI=1S/C11H17Cl2N2O14P3/c1-4-2-15(10(19)14-8(4)18)9-7(17)6(16)5(28-9)3-27-32(25,26)29-31(23,24)11(12,13)30(20,21)22/h2,5-7,9,16-17H,3H2,1H3,(H,23,24)(H,25,26)(H,14,18,19)(H2,20,21,22)/t5-,6-,7-,9-/m1/s1. The number of rotatable bonds is 8. The third-order valence-electron chi connectivity index (χ3n) is 4.06. The molecule has 0 aromatic carbocycles. The quantitative estimate of drug-likeness (QED) is 0.148. The molecule has 2 rings (SSSR count). The minimum Gasteiger partial charge on any atom is -0.387 e. The first kappa shape index (κ1) is 27.8. The molecule has 1 aromatic heterocycles. The number of nitrogens with zero attached hydrogens (tertiary/aromatic N) is 1. The lowest BCUT2D eigenvalue weighted by Gasteiger charge is -2.26. The molecule has 1 fully saturated rings. The van der Waals surface area contributed by atoms with Gasteiger partial charge in [-0.3, -0.25) is 28.0 Å². The topological polar surface area (TPSA) is 255 Å². The second kappa shape index (κ2) is 9.33. The molecular formula is C11H17Cl2N2O14P3. The van der Waals surface area contributed by atoms with Gasteiger partial charge in [0.15, 0.2) is 6.23 Å². The van der Waals surface area contributed by atoms with Crippen molar-refractivity contribution in [2.75, 3.05) is 6.61 Å². The number of aromatic amines is 1. The van der Waals surface area contributed by atoms with Gasteiger partial charge in [0.2, 0.25) is 0 Å². The van der Waals surface area contributed by atoms with Crippen molar-refractivity contribution < 1.29 is 57.1 Å². The highest BCUT2D eigenvalue weighted by molar-refractivity contribution is 7.81. The summed E-state index contributed by atoms with van der Waals surface area (Å²) in [4.78, 5) is 62.3. The summed E-state index contributed by atoms with van der Waals surface area (Å²) in [5, 5.41) is 20.2. The summed E-state index contributed by atoms with van der Waals surface area (Å²) in [6.07, 6.45) is -5.78. The summed E-state index contributed by atoms with van der Waals surface area (Å²) in [6, 6.07) is 0. The van der Waals surface area contributed by atoms with Crippen molar-refractivity contribution in [3.8, 4) is 0 Å². The van der Waals surface area contributed by atoms with Crippen molar-refractivity contribution in [3.63, 3.8) is 0 Å². The fourth-order valence-corrected chi connectivity index (χ4v) is 6.65. The molecule has 0 aliphatic carbocycles. The van der Waals surface area contributed by atoms with E-state index in [0.29, 0.717) is 0 Å². The van der Waals surface area contributed by atoms with Crippen LogP contribution in [0.5, 0.6) is 0 Å². The van der Waals surface area contributed by atoms with E-state index < -0.39 is 69.2 Å². The van der Waals surface area contributed by atoms with Crippen LogP contribution in [0.3, 0.4) is 0 Å². The van der Waals surface area contributed by atoms with Crippen LogP contribution in [0.25, 0.3) is 0 Å². The van der Waals surface area contributed by atoms with Crippen molar-refractivity contribution in [2.24, 2.45) is 0 Å². The molecule has 0 bridgehead atoms. The predicted molar refractivity (Wildman–Crippen MR) is 105 cm³/mol. The number of phosphoric ester groups is 1. The van der Waals surface area contributed by atoms with Gasteiger partial charge >= 0.3 is 32.5 Å². The Morgan fingerprint density at radius 3 is 2.25 bits per heavy atom. The Balaban J connectivity index is 2.15. The highest BCUT2D eigenvalue weighted by atomic mass is 35.5. The van der Waals surface area contributed by atoms with Gasteiger partial charge in [-0.2, -0.15) is 0 Å². The zero-order valence-electron chi connectivity index (χ0n) is 15.6. The number of alkyl halides is 2. The van der Waals surface area contributed by atoms with E-state index in [2.05, 4.69) is 8.83 Å². The molecule has 1 saturated heterocycles. The molecule has 0 radical (unpaired) electrons. The first-order chi connectivity index (χ1) is 14.3. The van der Waals surface area contributed by atoms with Crippen LogP contribution in [0.15, 0.2) is 15.8 Å². The molecule has 2 unspecified atom stereocenters. The molecule has 32 heavy (non-hydrogen) atoms. The third kappa shape index (κ3) is 5.62. The van der Waals surface area contributed by atoms with Crippen LogP contribution < -0.4 is 11.2 Å². The van der Waals surface area contributed by atoms with Crippen molar-refractivity contribution in [1.29, 1.82) is 0 Å². The number of halogens is 2. The lowest BCUT2D eigenvalue weighted by Crippen LogP contribution is -2.38. The summed E-state index contributed by atoms with van der Waals surface area (Å²) >= 11 is 10.3. The van der Waals surface area contributed by atoms with Crippen LogP contribution in [0, 0.1) is 6.92 Å². The Kier molecular flexibility index (Phi) is 8.11. The minimum absolute atomic E-state index is 0.0530. The average Bonchev–Trinajstić information content (AvgIpc) is 2.89. The molecule has 0 amide bonds. The highest BCUT2D eigenvalue weighted by Crippen LogP contribution is 2.79. The zero-order chi connectivity index (χ0) is 24.9. The van der Waals surface area contributed by atoms with Gasteiger partial charge in [-0.1, -0.05) is 23.2 Å². The van der Waals surface area contributed by atoms with Crippen LogP contribution in [0.2, 0.25) is 0 Å². The molecule has 0 saturated carbocycles. The average molecular weight is 565 g/mol. The number of nitrogens with one attached hydrogen (secondary N) is 1. The molecule has 21 heteroatoms. The van der Waals surface area contributed by atoms with E-state index in [1.807, 2.05) is 4.98 Å². The van der Waals surface area contributed by atoms with Gasteiger partial charge in [-0.15, -0.1) is 0 Å².